The predicted molar refractivity (Wildman–Crippen MR) is 72.8 cm³/mol. The number of anilines is 1. The summed E-state index contributed by atoms with van der Waals surface area (Å²) in [6.07, 6.45) is 12.5. The Morgan fingerprint density at radius 2 is 2.22 bits per heavy atom. The highest BCUT2D eigenvalue weighted by atomic mass is 35.5. The Hall–Kier alpha value is -1.47. The van der Waals surface area contributed by atoms with Gasteiger partial charge in [-0.1, -0.05) is 36.8 Å². The summed E-state index contributed by atoms with van der Waals surface area (Å²) >= 11 is 6.03. The summed E-state index contributed by atoms with van der Waals surface area (Å²) < 4.78 is 1.25. The molecule has 1 fully saturated rings. The molecular formula is C13H16ClN3O. The van der Waals surface area contributed by atoms with Gasteiger partial charge in [-0.2, -0.15) is 5.10 Å². The van der Waals surface area contributed by atoms with Gasteiger partial charge in [-0.05, 0) is 12.8 Å². The number of nitrogens with one attached hydrogen (secondary N) is 1. The lowest BCUT2D eigenvalue weighted by atomic mass is 9.95. The van der Waals surface area contributed by atoms with Crippen LogP contribution in [-0.4, -0.2) is 15.8 Å². The van der Waals surface area contributed by atoms with Crippen molar-refractivity contribution >= 4 is 17.3 Å². The van der Waals surface area contributed by atoms with Crippen LogP contribution in [0.2, 0.25) is 5.02 Å². The number of rotatable bonds is 3. The van der Waals surface area contributed by atoms with Crippen molar-refractivity contribution in [2.75, 3.05) is 5.32 Å². The third-order valence-corrected chi connectivity index (χ3v) is 3.48. The molecule has 1 aromatic rings. The van der Waals surface area contributed by atoms with Gasteiger partial charge in [0.15, 0.2) is 0 Å². The number of halogens is 1. The average Bonchev–Trinajstić information content (AvgIpc) is 2.39. The predicted octanol–water partition coefficient (Wildman–Crippen LogP) is 2.27. The molecule has 2 rings (SSSR count). The maximum atomic E-state index is 12.1. The second-order valence-electron chi connectivity index (χ2n) is 4.51. The molecule has 0 saturated heterocycles. The molecule has 0 bridgehead atoms. The normalized spacial score (nSPS) is 16.2. The van der Waals surface area contributed by atoms with Crippen LogP contribution in [0.4, 0.5) is 5.69 Å². The highest BCUT2D eigenvalue weighted by Crippen LogP contribution is 2.23. The number of aromatic nitrogens is 2. The minimum Gasteiger partial charge on any atom is -0.377 e. The van der Waals surface area contributed by atoms with E-state index in [1.54, 1.807) is 0 Å². The fraction of sp³-hybridized carbons (Fsp3) is 0.538. The van der Waals surface area contributed by atoms with E-state index in [0.717, 1.165) is 12.8 Å². The standard InChI is InChI=1S/C13H16ClN3O/c1-2-8-17-13(18)12(11(14)9-15-17)16-10-6-4-3-5-7-10/h1,9-10,16H,3-8H2. The number of terminal acetylenes is 1. The van der Waals surface area contributed by atoms with Crippen LogP contribution in [0.25, 0.3) is 0 Å². The zero-order valence-electron chi connectivity index (χ0n) is 10.2. The molecular weight excluding hydrogens is 250 g/mol. The second kappa shape index (κ2) is 5.92. The van der Waals surface area contributed by atoms with Crippen molar-refractivity contribution in [3.8, 4) is 12.3 Å². The molecule has 1 heterocycles. The average molecular weight is 266 g/mol. The van der Waals surface area contributed by atoms with Crippen molar-refractivity contribution in [3.63, 3.8) is 0 Å². The first-order valence-electron chi connectivity index (χ1n) is 6.18. The van der Waals surface area contributed by atoms with Gasteiger partial charge in [0.2, 0.25) is 0 Å². The van der Waals surface area contributed by atoms with Gasteiger partial charge in [0.05, 0.1) is 11.2 Å². The summed E-state index contributed by atoms with van der Waals surface area (Å²) in [6.45, 7) is 0.162. The lowest BCUT2D eigenvalue weighted by Crippen LogP contribution is -2.30. The van der Waals surface area contributed by atoms with Gasteiger partial charge in [0.25, 0.3) is 5.56 Å². The van der Waals surface area contributed by atoms with Crippen molar-refractivity contribution in [1.82, 2.24) is 9.78 Å². The monoisotopic (exact) mass is 265 g/mol. The fourth-order valence-corrected chi connectivity index (χ4v) is 2.43. The van der Waals surface area contributed by atoms with E-state index in [0.29, 0.717) is 16.8 Å². The van der Waals surface area contributed by atoms with E-state index in [2.05, 4.69) is 16.3 Å². The van der Waals surface area contributed by atoms with Gasteiger partial charge in [-0.25, -0.2) is 4.68 Å². The number of nitrogens with zero attached hydrogens (tertiary/aromatic N) is 2. The highest BCUT2D eigenvalue weighted by molar-refractivity contribution is 6.33. The third kappa shape index (κ3) is 2.85. The minimum absolute atomic E-state index is 0.162. The SMILES string of the molecule is C#CCn1ncc(Cl)c(NC2CCCCC2)c1=O. The largest absolute Gasteiger partial charge is 0.377 e. The van der Waals surface area contributed by atoms with E-state index >= 15 is 0 Å². The lowest BCUT2D eigenvalue weighted by molar-refractivity contribution is 0.462. The fourth-order valence-electron chi connectivity index (χ4n) is 2.25. The van der Waals surface area contributed by atoms with Gasteiger partial charge >= 0.3 is 0 Å². The molecule has 1 aliphatic carbocycles. The molecule has 0 spiro atoms. The topological polar surface area (TPSA) is 46.9 Å². The molecule has 4 nitrogen and oxygen atoms in total. The Morgan fingerprint density at radius 3 is 2.89 bits per heavy atom. The van der Waals surface area contributed by atoms with Crippen molar-refractivity contribution in [1.29, 1.82) is 0 Å². The summed E-state index contributed by atoms with van der Waals surface area (Å²) in [5.41, 5.74) is 0.180. The molecule has 1 saturated carbocycles. The zero-order valence-corrected chi connectivity index (χ0v) is 10.9. The molecule has 5 heteroatoms. The van der Waals surface area contributed by atoms with Crippen molar-refractivity contribution in [2.24, 2.45) is 0 Å². The van der Waals surface area contributed by atoms with Crippen molar-refractivity contribution in [2.45, 2.75) is 44.7 Å². The Labute approximate surface area is 111 Å². The van der Waals surface area contributed by atoms with Crippen molar-refractivity contribution in [3.05, 3.63) is 21.6 Å². The first-order chi connectivity index (χ1) is 8.72. The van der Waals surface area contributed by atoms with Crippen LogP contribution >= 0.6 is 11.6 Å². The summed E-state index contributed by atoms with van der Waals surface area (Å²) in [7, 11) is 0. The van der Waals surface area contributed by atoms with E-state index in [9.17, 15) is 4.79 Å². The van der Waals surface area contributed by atoms with E-state index in [-0.39, 0.29) is 12.1 Å². The van der Waals surface area contributed by atoms with Crippen LogP contribution in [0, 0.1) is 12.3 Å². The smallest absolute Gasteiger partial charge is 0.292 e. The van der Waals surface area contributed by atoms with Crippen LogP contribution in [0.5, 0.6) is 0 Å². The van der Waals surface area contributed by atoms with E-state index in [1.807, 2.05) is 0 Å². The third-order valence-electron chi connectivity index (χ3n) is 3.19. The van der Waals surface area contributed by atoms with Crippen LogP contribution < -0.4 is 10.9 Å². The Balaban J connectivity index is 2.23. The quantitative estimate of drug-likeness (QED) is 0.853. The molecule has 1 aliphatic rings. The second-order valence-corrected chi connectivity index (χ2v) is 4.92. The zero-order chi connectivity index (χ0) is 13.0. The summed E-state index contributed by atoms with van der Waals surface area (Å²) in [5.74, 6) is 2.40. The maximum absolute atomic E-state index is 12.1. The number of hydrogen-bond acceptors (Lipinski definition) is 3. The van der Waals surface area contributed by atoms with Crippen LogP contribution in [-0.2, 0) is 6.54 Å². The Bertz CT molecular complexity index is 512. The molecule has 0 aromatic carbocycles. The molecule has 1 N–H and O–H groups in total. The van der Waals surface area contributed by atoms with Gasteiger partial charge < -0.3 is 5.32 Å². The molecule has 0 atom stereocenters. The minimum atomic E-state index is -0.244. The van der Waals surface area contributed by atoms with Gasteiger partial charge in [0, 0.05) is 6.04 Å². The lowest BCUT2D eigenvalue weighted by Gasteiger charge is -2.24. The van der Waals surface area contributed by atoms with E-state index < -0.39 is 0 Å². The highest BCUT2D eigenvalue weighted by Gasteiger charge is 2.17. The molecule has 0 radical (unpaired) electrons. The first-order valence-corrected chi connectivity index (χ1v) is 6.56. The van der Waals surface area contributed by atoms with E-state index in [1.165, 1.54) is 30.1 Å². The molecule has 1 aromatic heterocycles. The molecule has 18 heavy (non-hydrogen) atoms. The summed E-state index contributed by atoms with van der Waals surface area (Å²) in [6, 6.07) is 0.325. The molecule has 0 unspecified atom stereocenters. The Kier molecular flexibility index (Phi) is 4.27. The van der Waals surface area contributed by atoms with Crippen LogP contribution in [0.15, 0.2) is 11.0 Å². The molecule has 96 valence electrons. The summed E-state index contributed by atoms with van der Waals surface area (Å²) in [4.78, 5) is 12.1. The van der Waals surface area contributed by atoms with Gasteiger partial charge in [0.1, 0.15) is 12.2 Å². The Morgan fingerprint density at radius 1 is 1.50 bits per heavy atom. The summed E-state index contributed by atoms with van der Waals surface area (Å²) in [5, 5.41) is 7.51. The van der Waals surface area contributed by atoms with Crippen LogP contribution in [0.1, 0.15) is 32.1 Å². The number of hydrogen-bond donors (Lipinski definition) is 1. The molecule has 0 amide bonds. The van der Waals surface area contributed by atoms with Gasteiger partial charge in [-0.15, -0.1) is 6.42 Å². The van der Waals surface area contributed by atoms with Crippen LogP contribution in [0.3, 0.4) is 0 Å². The maximum Gasteiger partial charge on any atom is 0.292 e. The molecule has 0 aliphatic heterocycles. The van der Waals surface area contributed by atoms with Crippen molar-refractivity contribution < 1.29 is 0 Å². The van der Waals surface area contributed by atoms with E-state index in [4.69, 9.17) is 18.0 Å². The van der Waals surface area contributed by atoms with Gasteiger partial charge in [-0.3, -0.25) is 4.79 Å². The first kappa shape index (κ1) is 13.0.